The summed E-state index contributed by atoms with van der Waals surface area (Å²) in [6, 6.07) is 5.39. The molecule has 1 atom stereocenters. The quantitative estimate of drug-likeness (QED) is 0.786. The van der Waals surface area contributed by atoms with E-state index in [2.05, 4.69) is 15.0 Å². The molecule has 2 rings (SSSR count). The minimum absolute atomic E-state index is 0.0858. The van der Waals surface area contributed by atoms with Gasteiger partial charge in [0.25, 0.3) is 0 Å². The zero-order valence-corrected chi connectivity index (χ0v) is 14.6. The van der Waals surface area contributed by atoms with E-state index >= 15 is 0 Å². The molecule has 1 aromatic rings. The molecule has 146 valence electrons. The third-order valence-corrected chi connectivity index (χ3v) is 3.67. The molecule has 0 radical (unpaired) electrons. The van der Waals surface area contributed by atoms with Crippen molar-refractivity contribution in [2.45, 2.75) is 39.5 Å². The Balaban J connectivity index is 2.27. The van der Waals surface area contributed by atoms with Crippen LogP contribution in [0.2, 0.25) is 0 Å². The van der Waals surface area contributed by atoms with Gasteiger partial charge in [0.05, 0.1) is 0 Å². The average Bonchev–Trinajstić information content (AvgIpc) is 2.56. The number of aliphatic carboxylic acids is 1. The number of nitrogens with one attached hydrogen (secondary N) is 1. The van der Waals surface area contributed by atoms with Crippen molar-refractivity contribution in [1.82, 2.24) is 10.2 Å². The number of amides is 1. The number of nitrogens with zero attached hydrogens (tertiary/aromatic N) is 2. The molecule has 1 unspecified atom stereocenters. The molecule has 0 saturated carbocycles. The van der Waals surface area contributed by atoms with Gasteiger partial charge in [0.15, 0.2) is 6.29 Å². The van der Waals surface area contributed by atoms with Crippen molar-refractivity contribution < 1.29 is 32.6 Å². The Morgan fingerprint density at radius 1 is 1.37 bits per heavy atom. The van der Waals surface area contributed by atoms with Crippen LogP contribution in [0.3, 0.4) is 0 Å². The highest BCUT2D eigenvalue weighted by atomic mass is 19.4. The van der Waals surface area contributed by atoms with E-state index in [1.54, 1.807) is 24.8 Å². The van der Waals surface area contributed by atoms with Gasteiger partial charge in [-0.3, -0.25) is 4.79 Å². The molecule has 10 heteroatoms. The molecule has 1 aliphatic rings. The highest BCUT2D eigenvalue weighted by Crippen LogP contribution is 2.25. The van der Waals surface area contributed by atoms with Gasteiger partial charge < -0.3 is 20.1 Å². The summed E-state index contributed by atoms with van der Waals surface area (Å²) < 4.78 is 41.1. The molecule has 0 aliphatic carbocycles. The fraction of sp³-hybridized carbons (Fsp3) is 0.353. The normalized spacial score (nSPS) is 17.1. The van der Waals surface area contributed by atoms with Gasteiger partial charge in [0.1, 0.15) is 11.5 Å². The zero-order chi connectivity index (χ0) is 20.2. The highest BCUT2D eigenvalue weighted by molar-refractivity contribution is 6.40. The highest BCUT2D eigenvalue weighted by Gasteiger charge is 2.31. The van der Waals surface area contributed by atoms with Crippen molar-refractivity contribution >= 4 is 17.6 Å². The standard InChI is InChI=1S/C17H18F3N3O4/c1-3-14(24)22-16-21-13(15(25)26)7-10(2)23(16)9-11-5-4-6-12(8-11)27-17(18,19)20/h4-8,16H,3,9H2,1-2H3,(H,22,24)(H,25,26). The molecule has 0 fully saturated rings. The van der Waals surface area contributed by atoms with E-state index in [0.717, 1.165) is 0 Å². The Kier molecular flexibility index (Phi) is 6.09. The number of benzene rings is 1. The van der Waals surface area contributed by atoms with Crippen molar-refractivity contribution in [3.05, 3.63) is 41.6 Å². The van der Waals surface area contributed by atoms with Crippen molar-refractivity contribution in [3.8, 4) is 5.75 Å². The van der Waals surface area contributed by atoms with Gasteiger partial charge in [-0.25, -0.2) is 9.79 Å². The van der Waals surface area contributed by atoms with E-state index in [-0.39, 0.29) is 30.3 Å². The topological polar surface area (TPSA) is 91.2 Å². The average molecular weight is 385 g/mol. The lowest BCUT2D eigenvalue weighted by Crippen LogP contribution is -2.48. The molecule has 1 aromatic carbocycles. The van der Waals surface area contributed by atoms with E-state index in [4.69, 9.17) is 5.11 Å². The summed E-state index contributed by atoms with van der Waals surface area (Å²) in [5.41, 5.74) is 0.736. The smallest absolute Gasteiger partial charge is 0.477 e. The molecule has 0 spiro atoms. The minimum atomic E-state index is -4.81. The molecule has 7 nitrogen and oxygen atoms in total. The summed E-state index contributed by atoms with van der Waals surface area (Å²) in [7, 11) is 0. The van der Waals surface area contributed by atoms with Gasteiger partial charge in [-0.15, -0.1) is 13.2 Å². The number of carbonyl (C=O) groups is 2. The fourth-order valence-electron chi connectivity index (χ4n) is 2.43. The van der Waals surface area contributed by atoms with Crippen LogP contribution >= 0.6 is 0 Å². The van der Waals surface area contributed by atoms with Crippen LogP contribution in [0.1, 0.15) is 25.8 Å². The monoisotopic (exact) mass is 385 g/mol. The minimum Gasteiger partial charge on any atom is -0.477 e. The number of aliphatic imine (C=N–C) groups is 1. The van der Waals surface area contributed by atoms with Crippen LogP contribution in [-0.4, -0.2) is 40.2 Å². The summed E-state index contributed by atoms with van der Waals surface area (Å²) in [6.07, 6.45) is -4.30. The van der Waals surface area contributed by atoms with Crippen molar-refractivity contribution in [1.29, 1.82) is 0 Å². The number of carboxylic acid groups (broad SMARTS) is 1. The van der Waals surface area contributed by atoms with Gasteiger partial charge in [-0.1, -0.05) is 19.1 Å². The predicted molar refractivity (Wildman–Crippen MR) is 89.7 cm³/mol. The number of rotatable bonds is 6. The van der Waals surface area contributed by atoms with Crippen LogP contribution in [0.4, 0.5) is 13.2 Å². The predicted octanol–water partition coefficient (Wildman–Crippen LogP) is 2.64. The van der Waals surface area contributed by atoms with Crippen LogP contribution in [0.25, 0.3) is 0 Å². The first-order valence-corrected chi connectivity index (χ1v) is 7.99. The lowest BCUT2D eigenvalue weighted by atomic mass is 10.1. The summed E-state index contributed by atoms with van der Waals surface area (Å²) in [6.45, 7) is 3.34. The number of allylic oxidation sites excluding steroid dienone is 1. The van der Waals surface area contributed by atoms with Crippen molar-refractivity contribution in [2.75, 3.05) is 0 Å². The fourth-order valence-corrected chi connectivity index (χ4v) is 2.43. The lowest BCUT2D eigenvalue weighted by Gasteiger charge is -2.34. The molecule has 1 aliphatic heterocycles. The number of hydrogen-bond donors (Lipinski definition) is 2. The maximum Gasteiger partial charge on any atom is 0.573 e. The molecule has 1 amide bonds. The van der Waals surface area contributed by atoms with E-state index in [0.29, 0.717) is 11.3 Å². The number of carbonyl (C=O) groups excluding carboxylic acids is 1. The first-order chi connectivity index (χ1) is 12.6. The Bertz CT molecular complexity index is 790. The first kappa shape index (κ1) is 20.3. The molecule has 0 aromatic heterocycles. The van der Waals surface area contributed by atoms with Crippen molar-refractivity contribution in [3.63, 3.8) is 0 Å². The number of alkyl halides is 3. The maximum absolute atomic E-state index is 12.4. The van der Waals surface area contributed by atoms with Crippen molar-refractivity contribution in [2.24, 2.45) is 4.99 Å². The lowest BCUT2D eigenvalue weighted by molar-refractivity contribution is -0.274. The van der Waals surface area contributed by atoms with E-state index < -0.39 is 18.6 Å². The summed E-state index contributed by atoms with van der Waals surface area (Å²) in [5, 5.41) is 11.7. The summed E-state index contributed by atoms with van der Waals surface area (Å²) >= 11 is 0. The second-order valence-electron chi connectivity index (χ2n) is 5.72. The molecule has 0 bridgehead atoms. The van der Waals surface area contributed by atoms with Gasteiger partial charge in [0, 0.05) is 18.7 Å². The summed E-state index contributed by atoms with van der Waals surface area (Å²) in [4.78, 5) is 28.5. The second-order valence-corrected chi connectivity index (χ2v) is 5.72. The van der Waals surface area contributed by atoms with E-state index in [1.807, 2.05) is 0 Å². The molecular weight excluding hydrogens is 367 g/mol. The number of carboxylic acids is 1. The van der Waals surface area contributed by atoms with Gasteiger partial charge in [-0.05, 0) is 30.7 Å². The van der Waals surface area contributed by atoms with Crippen LogP contribution in [-0.2, 0) is 16.1 Å². The Morgan fingerprint density at radius 2 is 2.07 bits per heavy atom. The third kappa shape index (κ3) is 5.73. The Morgan fingerprint density at radius 3 is 2.67 bits per heavy atom. The molecular formula is C17H18F3N3O4. The van der Waals surface area contributed by atoms with Gasteiger partial charge >= 0.3 is 12.3 Å². The SMILES string of the molecule is CCC(=O)NC1N=C(C(=O)O)C=C(C)N1Cc1cccc(OC(F)(F)F)c1. The van der Waals surface area contributed by atoms with E-state index in [1.165, 1.54) is 24.3 Å². The first-order valence-electron chi connectivity index (χ1n) is 7.99. The Labute approximate surface area is 153 Å². The van der Waals surface area contributed by atoms with Crippen LogP contribution in [0.15, 0.2) is 41.0 Å². The molecule has 27 heavy (non-hydrogen) atoms. The molecule has 1 heterocycles. The Hall–Kier alpha value is -3.04. The molecule has 0 saturated heterocycles. The largest absolute Gasteiger partial charge is 0.573 e. The van der Waals surface area contributed by atoms with Gasteiger partial charge in [-0.2, -0.15) is 0 Å². The van der Waals surface area contributed by atoms with E-state index in [9.17, 15) is 22.8 Å². The number of halogens is 3. The molecule has 2 N–H and O–H groups in total. The van der Waals surface area contributed by atoms with Crippen LogP contribution in [0, 0.1) is 0 Å². The summed E-state index contributed by atoms with van der Waals surface area (Å²) in [5.74, 6) is -1.96. The third-order valence-electron chi connectivity index (χ3n) is 3.67. The van der Waals surface area contributed by atoms with Crippen LogP contribution in [0.5, 0.6) is 5.75 Å². The number of hydrogen-bond acceptors (Lipinski definition) is 5. The second kappa shape index (κ2) is 8.11. The van der Waals surface area contributed by atoms with Gasteiger partial charge in [0.2, 0.25) is 5.91 Å². The van der Waals surface area contributed by atoms with Crippen LogP contribution < -0.4 is 10.1 Å². The number of ether oxygens (including phenoxy) is 1. The maximum atomic E-state index is 12.4. The zero-order valence-electron chi connectivity index (χ0n) is 14.6.